The predicted molar refractivity (Wildman–Crippen MR) is 72.4 cm³/mol. The second-order valence-electron chi connectivity index (χ2n) is 4.45. The van der Waals surface area contributed by atoms with Crippen LogP contribution in [0.4, 0.5) is 0 Å². The molecule has 4 nitrogen and oxygen atoms in total. The molecule has 0 radical (unpaired) electrons. The Labute approximate surface area is 117 Å². The summed E-state index contributed by atoms with van der Waals surface area (Å²) in [7, 11) is 0. The molecule has 1 aliphatic heterocycles. The number of ether oxygens (including phenoxy) is 2. The highest BCUT2D eigenvalue weighted by Crippen LogP contribution is 2.42. The molecule has 0 amide bonds. The van der Waals surface area contributed by atoms with Gasteiger partial charge in [-0.2, -0.15) is 0 Å². The minimum absolute atomic E-state index is 0.162. The number of hydrogen-bond acceptors (Lipinski definition) is 3. The van der Waals surface area contributed by atoms with Crippen LogP contribution in [-0.2, 0) is 17.6 Å². The maximum absolute atomic E-state index is 10.6. The minimum Gasteiger partial charge on any atom is -0.486 e. The Hall–Kier alpha value is -1.42. The summed E-state index contributed by atoms with van der Waals surface area (Å²) in [5, 5.41) is 9.23. The Kier molecular flexibility index (Phi) is 4.53. The Morgan fingerprint density at radius 1 is 1.37 bits per heavy atom. The second-order valence-corrected chi connectivity index (χ2v) is 4.86. The largest absolute Gasteiger partial charge is 0.486 e. The molecule has 1 N–H and O–H groups in total. The molecule has 0 spiro atoms. The van der Waals surface area contributed by atoms with Crippen LogP contribution in [0.15, 0.2) is 6.07 Å². The molecule has 0 atom stereocenters. The third-order valence-corrected chi connectivity index (χ3v) is 3.43. The number of aliphatic carboxylic acids is 1. The van der Waals surface area contributed by atoms with Crippen LogP contribution in [0.5, 0.6) is 11.5 Å². The van der Waals surface area contributed by atoms with Gasteiger partial charge in [0.1, 0.15) is 13.2 Å². The fourth-order valence-corrected chi connectivity index (χ4v) is 2.58. The van der Waals surface area contributed by atoms with E-state index in [2.05, 4.69) is 0 Å². The van der Waals surface area contributed by atoms with E-state index in [1.165, 1.54) is 0 Å². The molecule has 0 saturated carbocycles. The predicted octanol–water partition coefficient (Wildman–Crippen LogP) is 3.08. The zero-order valence-electron chi connectivity index (χ0n) is 10.9. The molecule has 1 aromatic rings. The quantitative estimate of drug-likeness (QED) is 0.903. The van der Waals surface area contributed by atoms with E-state index < -0.39 is 5.97 Å². The summed E-state index contributed by atoms with van der Waals surface area (Å²) in [5.41, 5.74) is 2.13. The zero-order chi connectivity index (χ0) is 13.8. The smallest absolute Gasteiger partial charge is 0.303 e. The van der Waals surface area contributed by atoms with Gasteiger partial charge in [-0.25, -0.2) is 0 Å². The van der Waals surface area contributed by atoms with E-state index in [9.17, 15) is 4.79 Å². The van der Waals surface area contributed by atoms with Gasteiger partial charge in [-0.15, -0.1) is 0 Å². The number of rotatable bonds is 5. The van der Waals surface area contributed by atoms with Gasteiger partial charge in [-0.05, 0) is 30.9 Å². The minimum atomic E-state index is -0.776. The molecule has 0 fully saturated rings. The number of fused-ring (bicyclic) bond motifs is 1. The van der Waals surface area contributed by atoms with Gasteiger partial charge in [0.15, 0.2) is 11.5 Å². The third-order valence-electron chi connectivity index (χ3n) is 3.15. The highest BCUT2D eigenvalue weighted by molar-refractivity contribution is 6.32. The summed E-state index contributed by atoms with van der Waals surface area (Å²) >= 11 is 6.20. The first kappa shape index (κ1) is 14.0. The van der Waals surface area contributed by atoms with Crippen LogP contribution in [0, 0.1) is 0 Å². The number of carbonyl (C=O) groups is 1. The van der Waals surface area contributed by atoms with E-state index in [0.717, 1.165) is 23.3 Å². The lowest BCUT2D eigenvalue weighted by atomic mass is 9.98. The van der Waals surface area contributed by atoms with Crippen LogP contribution in [0.3, 0.4) is 0 Å². The molecule has 0 aliphatic carbocycles. The van der Waals surface area contributed by atoms with Crippen molar-refractivity contribution in [1.82, 2.24) is 0 Å². The Morgan fingerprint density at radius 3 is 2.68 bits per heavy atom. The monoisotopic (exact) mass is 284 g/mol. The fourth-order valence-electron chi connectivity index (χ4n) is 2.31. The number of carboxylic acid groups (broad SMARTS) is 1. The van der Waals surface area contributed by atoms with Crippen molar-refractivity contribution >= 4 is 17.6 Å². The van der Waals surface area contributed by atoms with Crippen LogP contribution in [0.2, 0.25) is 5.02 Å². The Balaban J connectivity index is 2.27. The molecular formula is C14H17ClO4. The lowest BCUT2D eigenvalue weighted by molar-refractivity contribution is -0.137. The number of benzene rings is 1. The summed E-state index contributed by atoms with van der Waals surface area (Å²) in [6.07, 6.45) is 2.25. The lowest BCUT2D eigenvalue weighted by Crippen LogP contribution is -2.17. The van der Waals surface area contributed by atoms with E-state index in [4.69, 9.17) is 26.2 Å². The van der Waals surface area contributed by atoms with Gasteiger partial charge >= 0.3 is 5.97 Å². The molecule has 19 heavy (non-hydrogen) atoms. The van der Waals surface area contributed by atoms with Crippen LogP contribution in [0.25, 0.3) is 0 Å². The molecule has 5 heteroatoms. The molecule has 1 aliphatic rings. The first-order chi connectivity index (χ1) is 9.13. The van der Waals surface area contributed by atoms with Gasteiger partial charge < -0.3 is 14.6 Å². The molecule has 0 aromatic heterocycles. The summed E-state index contributed by atoms with van der Waals surface area (Å²) in [6, 6.07) is 1.87. The fraction of sp³-hybridized carbons (Fsp3) is 0.500. The Morgan fingerprint density at radius 2 is 2.05 bits per heavy atom. The average molecular weight is 285 g/mol. The molecule has 1 heterocycles. The maximum atomic E-state index is 10.6. The van der Waals surface area contributed by atoms with E-state index in [-0.39, 0.29) is 6.42 Å². The van der Waals surface area contributed by atoms with Crippen molar-refractivity contribution in [3.63, 3.8) is 0 Å². The highest BCUT2D eigenvalue weighted by atomic mass is 35.5. The average Bonchev–Trinajstić information content (AvgIpc) is 2.39. The van der Waals surface area contributed by atoms with Crippen LogP contribution in [0.1, 0.15) is 30.9 Å². The van der Waals surface area contributed by atoms with Gasteiger partial charge in [0, 0.05) is 12.0 Å². The second kappa shape index (κ2) is 6.15. The van der Waals surface area contributed by atoms with Gasteiger partial charge in [0.25, 0.3) is 0 Å². The van der Waals surface area contributed by atoms with Gasteiger partial charge in [-0.3, -0.25) is 4.79 Å². The van der Waals surface area contributed by atoms with Crippen molar-refractivity contribution in [1.29, 1.82) is 0 Å². The number of hydrogen-bond donors (Lipinski definition) is 1. The molecule has 1 aromatic carbocycles. The van der Waals surface area contributed by atoms with E-state index in [1.807, 2.05) is 13.0 Å². The summed E-state index contributed by atoms with van der Waals surface area (Å²) < 4.78 is 11.2. The SMILES string of the molecule is CCc1c(CCCC(=O)O)cc(Cl)c2c1OCCO2. The molecule has 104 valence electrons. The first-order valence-electron chi connectivity index (χ1n) is 6.45. The third kappa shape index (κ3) is 3.13. The van der Waals surface area contributed by atoms with Crippen molar-refractivity contribution in [3.05, 3.63) is 22.2 Å². The van der Waals surface area contributed by atoms with E-state index >= 15 is 0 Å². The van der Waals surface area contributed by atoms with E-state index in [0.29, 0.717) is 36.8 Å². The van der Waals surface area contributed by atoms with Crippen LogP contribution in [-0.4, -0.2) is 24.3 Å². The summed E-state index contributed by atoms with van der Waals surface area (Å²) in [4.78, 5) is 10.6. The molecule has 0 bridgehead atoms. The van der Waals surface area contributed by atoms with Gasteiger partial charge in [-0.1, -0.05) is 18.5 Å². The first-order valence-corrected chi connectivity index (χ1v) is 6.83. The van der Waals surface area contributed by atoms with Crippen molar-refractivity contribution in [2.45, 2.75) is 32.6 Å². The highest BCUT2D eigenvalue weighted by Gasteiger charge is 2.21. The molecule has 0 saturated heterocycles. The van der Waals surface area contributed by atoms with Crippen molar-refractivity contribution in [2.75, 3.05) is 13.2 Å². The maximum Gasteiger partial charge on any atom is 0.303 e. The normalized spacial score (nSPS) is 13.4. The van der Waals surface area contributed by atoms with Gasteiger partial charge in [0.05, 0.1) is 5.02 Å². The lowest BCUT2D eigenvalue weighted by Gasteiger charge is -2.24. The molecule has 2 rings (SSSR count). The number of aryl methyl sites for hydroxylation is 1. The number of halogens is 1. The van der Waals surface area contributed by atoms with Gasteiger partial charge in [0.2, 0.25) is 0 Å². The Bertz CT molecular complexity index is 485. The summed E-state index contributed by atoms with van der Waals surface area (Å²) in [6.45, 7) is 3.07. The summed E-state index contributed by atoms with van der Waals surface area (Å²) in [5.74, 6) is 0.569. The van der Waals surface area contributed by atoms with Crippen LogP contribution >= 0.6 is 11.6 Å². The number of carboxylic acids is 1. The van der Waals surface area contributed by atoms with Crippen molar-refractivity contribution in [2.24, 2.45) is 0 Å². The standard InChI is InChI=1S/C14H17ClO4/c1-2-10-9(4-3-5-12(16)17)8-11(15)14-13(10)18-6-7-19-14/h8H,2-7H2,1H3,(H,16,17). The zero-order valence-corrected chi connectivity index (χ0v) is 11.6. The van der Waals surface area contributed by atoms with Crippen molar-refractivity contribution in [3.8, 4) is 11.5 Å². The van der Waals surface area contributed by atoms with E-state index in [1.54, 1.807) is 0 Å². The molecule has 0 unspecified atom stereocenters. The topological polar surface area (TPSA) is 55.8 Å². The molecular weight excluding hydrogens is 268 g/mol. The van der Waals surface area contributed by atoms with Crippen molar-refractivity contribution < 1.29 is 19.4 Å². The van der Waals surface area contributed by atoms with Crippen LogP contribution < -0.4 is 9.47 Å².